The number of anilines is 1. The normalized spacial score (nSPS) is 22.1. The van der Waals surface area contributed by atoms with Crippen LogP contribution in [0.15, 0.2) is 24.3 Å². The van der Waals surface area contributed by atoms with Gasteiger partial charge in [-0.1, -0.05) is 38.8 Å². The number of benzene rings is 1. The van der Waals surface area contributed by atoms with Gasteiger partial charge in [0.1, 0.15) is 0 Å². The van der Waals surface area contributed by atoms with Crippen LogP contribution in [0.3, 0.4) is 0 Å². The Bertz CT molecular complexity index is 793. The summed E-state index contributed by atoms with van der Waals surface area (Å²) >= 11 is 0. The van der Waals surface area contributed by atoms with Crippen LogP contribution in [0.25, 0.3) is 0 Å². The largest absolute Gasteiger partial charge is 0.452 e. The van der Waals surface area contributed by atoms with Crippen LogP contribution in [0.1, 0.15) is 64.4 Å². The van der Waals surface area contributed by atoms with Gasteiger partial charge >= 0.3 is 5.97 Å². The average Bonchev–Trinajstić information content (AvgIpc) is 2.97. The number of esters is 1. The Morgan fingerprint density at radius 3 is 2.13 bits per heavy atom. The minimum absolute atomic E-state index is 0.00844. The molecule has 3 atom stereocenters. The summed E-state index contributed by atoms with van der Waals surface area (Å²) in [5.74, 6) is -1.44. The van der Waals surface area contributed by atoms with Crippen LogP contribution in [0.5, 0.6) is 0 Å². The maximum atomic E-state index is 12.5. The van der Waals surface area contributed by atoms with Crippen LogP contribution in [0, 0.1) is 11.8 Å². The Labute approximate surface area is 177 Å². The van der Waals surface area contributed by atoms with Crippen LogP contribution < -0.4 is 5.32 Å². The lowest BCUT2D eigenvalue weighted by Crippen LogP contribution is -2.35. The van der Waals surface area contributed by atoms with E-state index in [-0.39, 0.29) is 36.6 Å². The molecule has 0 spiro atoms. The highest BCUT2D eigenvalue weighted by atomic mass is 16.5. The quantitative estimate of drug-likeness (QED) is 0.546. The fourth-order valence-corrected chi connectivity index (χ4v) is 4.16. The zero-order valence-electron chi connectivity index (χ0n) is 17.8. The van der Waals surface area contributed by atoms with E-state index in [0.29, 0.717) is 11.6 Å². The number of nitrogens with one attached hydrogen (secondary N) is 1. The Kier molecular flexibility index (Phi) is 6.90. The third-order valence-electron chi connectivity index (χ3n) is 5.99. The predicted octanol–water partition coefficient (Wildman–Crippen LogP) is 3.25. The molecule has 0 unspecified atom stereocenters. The van der Waals surface area contributed by atoms with Gasteiger partial charge in [0.15, 0.2) is 6.10 Å². The van der Waals surface area contributed by atoms with E-state index in [4.69, 9.17) is 4.74 Å². The van der Waals surface area contributed by atoms with Gasteiger partial charge in [0.05, 0.1) is 18.3 Å². The van der Waals surface area contributed by atoms with Crippen molar-refractivity contribution in [2.24, 2.45) is 11.8 Å². The number of ether oxygens (including phenoxy) is 1. The number of nitrogens with zero attached hydrogens (tertiary/aromatic N) is 1. The highest BCUT2D eigenvalue weighted by Crippen LogP contribution is 2.38. The molecule has 0 aromatic heterocycles. The van der Waals surface area contributed by atoms with Crippen molar-refractivity contribution in [3.63, 3.8) is 0 Å². The smallest absolute Gasteiger partial charge is 0.308 e. The van der Waals surface area contributed by atoms with E-state index in [1.165, 1.54) is 17.4 Å². The molecule has 0 radical (unpaired) electrons. The van der Waals surface area contributed by atoms with Crippen LogP contribution in [-0.4, -0.2) is 41.2 Å². The van der Waals surface area contributed by atoms with Gasteiger partial charge in [0, 0.05) is 12.2 Å². The number of fused-ring (bicyclic) bond motifs is 1. The first-order chi connectivity index (χ1) is 14.3. The van der Waals surface area contributed by atoms with Gasteiger partial charge < -0.3 is 10.1 Å². The molecule has 0 bridgehead atoms. The number of carbonyl (C=O) groups excluding carboxylic acids is 4. The monoisotopic (exact) mass is 414 g/mol. The fourth-order valence-electron chi connectivity index (χ4n) is 4.16. The Morgan fingerprint density at radius 2 is 1.60 bits per heavy atom. The molecule has 1 aliphatic carbocycles. The maximum absolute atomic E-state index is 12.5. The highest BCUT2D eigenvalue weighted by molar-refractivity contribution is 6.05. The molecule has 1 N–H and O–H groups in total. The van der Waals surface area contributed by atoms with Crippen molar-refractivity contribution in [3.8, 4) is 0 Å². The minimum atomic E-state index is -0.977. The Morgan fingerprint density at radius 1 is 1.03 bits per heavy atom. The molecule has 1 aromatic rings. The van der Waals surface area contributed by atoms with Crippen molar-refractivity contribution in [3.05, 3.63) is 29.8 Å². The average molecular weight is 415 g/mol. The lowest BCUT2D eigenvalue weighted by Gasteiger charge is -2.19. The van der Waals surface area contributed by atoms with E-state index >= 15 is 0 Å². The zero-order chi connectivity index (χ0) is 21.8. The van der Waals surface area contributed by atoms with Crippen LogP contribution >= 0.6 is 0 Å². The molecule has 2 aliphatic rings. The van der Waals surface area contributed by atoms with E-state index < -0.39 is 18.0 Å². The van der Waals surface area contributed by atoms with Crippen LogP contribution in [0.2, 0.25) is 0 Å². The fraction of sp³-hybridized carbons (Fsp3) is 0.565. The topological polar surface area (TPSA) is 92.8 Å². The summed E-state index contributed by atoms with van der Waals surface area (Å²) < 4.78 is 5.20. The predicted molar refractivity (Wildman–Crippen MR) is 111 cm³/mol. The van der Waals surface area contributed by atoms with Gasteiger partial charge in [-0.25, -0.2) is 0 Å². The number of hydrogen-bond acceptors (Lipinski definition) is 5. The lowest BCUT2D eigenvalue weighted by molar-refractivity contribution is -0.154. The van der Waals surface area contributed by atoms with Gasteiger partial charge in [-0.3, -0.25) is 24.1 Å². The summed E-state index contributed by atoms with van der Waals surface area (Å²) in [6.45, 7) is 5.68. The van der Waals surface area contributed by atoms with E-state index in [1.807, 2.05) is 24.3 Å². The number of carbonyl (C=O) groups is 4. The van der Waals surface area contributed by atoms with Gasteiger partial charge in [-0.15, -0.1) is 0 Å². The zero-order valence-corrected chi connectivity index (χ0v) is 17.8. The van der Waals surface area contributed by atoms with E-state index in [0.717, 1.165) is 25.7 Å². The second-order valence-electron chi connectivity index (χ2n) is 8.47. The Balaban J connectivity index is 1.46. The number of imide groups is 1. The molecule has 1 saturated heterocycles. The number of likely N-dealkylation sites (tertiary alicyclic amines) is 1. The van der Waals surface area contributed by atoms with Crippen molar-refractivity contribution in [2.45, 2.75) is 64.9 Å². The standard InChI is InChI=1S/C23H30N2O5/c1-14(2)16-8-10-17(11-9-16)24-21(27)15(3)30-20(26)12-13-25-22(28)18-6-4-5-7-19(18)23(25)29/h8-11,14-15,18-19H,4-7,12-13H2,1-3H3,(H,24,27)/t15-,18-,19+/m1/s1. The summed E-state index contributed by atoms with van der Waals surface area (Å²) in [7, 11) is 0. The molecule has 162 valence electrons. The molecular formula is C23H30N2O5. The first-order valence-corrected chi connectivity index (χ1v) is 10.7. The molecule has 7 heteroatoms. The van der Waals surface area contributed by atoms with Crippen molar-refractivity contribution in [1.82, 2.24) is 4.90 Å². The summed E-state index contributed by atoms with van der Waals surface area (Å²) in [5.41, 5.74) is 1.79. The molecule has 3 amide bonds. The van der Waals surface area contributed by atoms with Crippen LogP contribution in [0.4, 0.5) is 5.69 Å². The van der Waals surface area contributed by atoms with E-state index in [1.54, 1.807) is 0 Å². The molecule has 3 rings (SSSR count). The first-order valence-electron chi connectivity index (χ1n) is 10.7. The SMILES string of the molecule is CC(C)c1ccc(NC(=O)[C@@H](C)OC(=O)CCN2C(=O)[C@H]3CCCC[C@H]3C2=O)cc1. The van der Waals surface area contributed by atoms with Gasteiger partial charge in [0.25, 0.3) is 5.91 Å². The summed E-state index contributed by atoms with van der Waals surface area (Å²) in [6.07, 6.45) is 2.32. The molecule has 1 aromatic carbocycles. The molecular weight excluding hydrogens is 384 g/mol. The summed E-state index contributed by atoms with van der Waals surface area (Å²) in [6, 6.07) is 7.51. The van der Waals surface area contributed by atoms with Crippen molar-refractivity contribution >= 4 is 29.4 Å². The molecule has 1 aliphatic heterocycles. The number of rotatable bonds is 7. The minimum Gasteiger partial charge on any atom is -0.452 e. The molecule has 2 fully saturated rings. The summed E-state index contributed by atoms with van der Waals surface area (Å²) in [4.78, 5) is 50.6. The molecule has 1 heterocycles. The second kappa shape index (κ2) is 9.41. The number of hydrogen-bond donors (Lipinski definition) is 1. The molecule has 7 nitrogen and oxygen atoms in total. The maximum Gasteiger partial charge on any atom is 0.308 e. The van der Waals surface area contributed by atoms with E-state index in [2.05, 4.69) is 19.2 Å². The number of amides is 3. The van der Waals surface area contributed by atoms with E-state index in [9.17, 15) is 19.2 Å². The second-order valence-corrected chi connectivity index (χ2v) is 8.47. The van der Waals surface area contributed by atoms with Gasteiger partial charge in [-0.2, -0.15) is 0 Å². The highest BCUT2D eigenvalue weighted by Gasteiger charge is 2.47. The van der Waals surface area contributed by atoms with Gasteiger partial charge in [0.2, 0.25) is 11.8 Å². The first kappa shape index (κ1) is 22.0. The van der Waals surface area contributed by atoms with Gasteiger partial charge in [-0.05, 0) is 43.4 Å². The van der Waals surface area contributed by atoms with Crippen LogP contribution in [-0.2, 0) is 23.9 Å². The summed E-state index contributed by atoms with van der Waals surface area (Å²) in [5, 5.41) is 2.72. The van der Waals surface area contributed by atoms with Crippen molar-refractivity contribution < 1.29 is 23.9 Å². The third kappa shape index (κ3) is 4.89. The third-order valence-corrected chi connectivity index (χ3v) is 5.99. The van der Waals surface area contributed by atoms with Crippen molar-refractivity contribution in [1.29, 1.82) is 0 Å². The lowest BCUT2D eigenvalue weighted by atomic mass is 9.81. The molecule has 1 saturated carbocycles. The molecule has 30 heavy (non-hydrogen) atoms. The van der Waals surface area contributed by atoms with Crippen molar-refractivity contribution in [2.75, 3.05) is 11.9 Å². The Hall–Kier alpha value is -2.70.